The summed E-state index contributed by atoms with van der Waals surface area (Å²) in [6.45, 7) is 6.09. The van der Waals surface area contributed by atoms with Crippen LogP contribution in [0, 0.1) is 6.92 Å². The maximum Gasteiger partial charge on any atom is 0.434 e. The number of benzene rings is 1. The molecule has 0 saturated heterocycles. The summed E-state index contributed by atoms with van der Waals surface area (Å²) in [5.41, 5.74) is 1.13. The fourth-order valence-corrected chi connectivity index (χ4v) is 3.12. The van der Waals surface area contributed by atoms with Gasteiger partial charge in [0.1, 0.15) is 17.4 Å². The summed E-state index contributed by atoms with van der Waals surface area (Å²) in [6.07, 6.45) is -4.43. The van der Waals surface area contributed by atoms with Gasteiger partial charge in [-0.1, -0.05) is 12.1 Å². The standard InChI is InChI=1S/C19H25F3N4O2S.HI/c1-4-27-7-8-28-15-9-13(2)5-6-14(15)10-24-18(23-3)25-11-17-26-16(12-29-17)19(20,21)22;/h5-6,9,12H,4,7-8,10-11H2,1-3H3,(H2,23,24,25);1H. The lowest BCUT2D eigenvalue weighted by atomic mass is 10.1. The van der Waals surface area contributed by atoms with Gasteiger partial charge in [-0.15, -0.1) is 35.3 Å². The Morgan fingerprint density at radius 2 is 1.93 bits per heavy atom. The molecule has 6 nitrogen and oxygen atoms in total. The molecule has 0 aliphatic heterocycles. The van der Waals surface area contributed by atoms with Crippen LogP contribution in [0.1, 0.15) is 28.8 Å². The number of guanidine groups is 1. The highest BCUT2D eigenvalue weighted by atomic mass is 127. The van der Waals surface area contributed by atoms with Crippen molar-refractivity contribution < 1.29 is 22.6 Å². The first-order chi connectivity index (χ1) is 13.8. The third-order valence-corrected chi connectivity index (χ3v) is 4.68. The normalized spacial score (nSPS) is 11.7. The fraction of sp³-hybridized carbons (Fsp3) is 0.474. The summed E-state index contributed by atoms with van der Waals surface area (Å²) in [5, 5.41) is 7.44. The van der Waals surface area contributed by atoms with Gasteiger partial charge in [-0.3, -0.25) is 4.99 Å². The minimum Gasteiger partial charge on any atom is -0.491 e. The Balaban J connectivity index is 0.00000450. The van der Waals surface area contributed by atoms with E-state index in [0.29, 0.717) is 37.3 Å². The number of hydrogen-bond donors (Lipinski definition) is 2. The molecular formula is C19H26F3IN4O2S. The van der Waals surface area contributed by atoms with Crippen LogP contribution in [0.2, 0.25) is 0 Å². The van der Waals surface area contributed by atoms with Gasteiger partial charge in [0, 0.05) is 31.1 Å². The molecule has 0 aliphatic carbocycles. The predicted molar refractivity (Wildman–Crippen MR) is 123 cm³/mol. The molecule has 168 valence electrons. The second-order valence-corrected chi connectivity index (χ2v) is 7.00. The molecule has 2 rings (SSSR count). The predicted octanol–water partition coefficient (Wildman–Crippen LogP) is 4.37. The van der Waals surface area contributed by atoms with Gasteiger partial charge in [0.05, 0.1) is 13.2 Å². The second kappa shape index (κ2) is 13.0. The first-order valence-corrected chi connectivity index (χ1v) is 9.97. The van der Waals surface area contributed by atoms with E-state index >= 15 is 0 Å². The second-order valence-electron chi connectivity index (χ2n) is 6.06. The molecule has 30 heavy (non-hydrogen) atoms. The van der Waals surface area contributed by atoms with E-state index in [4.69, 9.17) is 9.47 Å². The number of ether oxygens (including phenoxy) is 2. The van der Waals surface area contributed by atoms with Crippen molar-refractivity contribution in [3.63, 3.8) is 0 Å². The molecule has 0 aliphatic rings. The molecular weight excluding hydrogens is 532 g/mol. The van der Waals surface area contributed by atoms with Crippen LogP contribution < -0.4 is 15.4 Å². The molecule has 1 aromatic carbocycles. The first kappa shape index (κ1) is 26.4. The van der Waals surface area contributed by atoms with Gasteiger partial charge in [0.2, 0.25) is 0 Å². The van der Waals surface area contributed by atoms with Crippen LogP contribution in [0.15, 0.2) is 28.6 Å². The Labute approximate surface area is 195 Å². The molecule has 1 heterocycles. The first-order valence-electron chi connectivity index (χ1n) is 9.09. The summed E-state index contributed by atoms with van der Waals surface area (Å²) in [6, 6.07) is 5.90. The largest absolute Gasteiger partial charge is 0.491 e. The van der Waals surface area contributed by atoms with Crippen LogP contribution in [0.3, 0.4) is 0 Å². The van der Waals surface area contributed by atoms with E-state index in [1.54, 1.807) is 7.05 Å². The molecule has 0 radical (unpaired) electrons. The molecule has 1 aromatic heterocycles. The summed E-state index contributed by atoms with van der Waals surface area (Å²) in [7, 11) is 1.59. The van der Waals surface area contributed by atoms with Crippen LogP contribution in [0.5, 0.6) is 5.75 Å². The van der Waals surface area contributed by atoms with Gasteiger partial charge < -0.3 is 20.1 Å². The Morgan fingerprint density at radius 3 is 2.57 bits per heavy atom. The molecule has 0 atom stereocenters. The smallest absolute Gasteiger partial charge is 0.434 e. The summed E-state index contributed by atoms with van der Waals surface area (Å²) >= 11 is 0.952. The lowest BCUT2D eigenvalue weighted by Gasteiger charge is -2.15. The molecule has 0 fully saturated rings. The number of aromatic nitrogens is 1. The molecule has 0 saturated carbocycles. The molecule has 2 N–H and O–H groups in total. The van der Waals surface area contributed by atoms with Crippen molar-refractivity contribution in [1.29, 1.82) is 0 Å². The Morgan fingerprint density at radius 1 is 1.20 bits per heavy atom. The maximum absolute atomic E-state index is 12.6. The molecule has 0 unspecified atom stereocenters. The van der Waals surface area contributed by atoms with E-state index in [2.05, 4.69) is 20.6 Å². The zero-order valence-corrected chi connectivity index (χ0v) is 20.2. The van der Waals surface area contributed by atoms with Gasteiger partial charge in [0.15, 0.2) is 11.7 Å². The number of aliphatic imine (C=N–C) groups is 1. The van der Waals surface area contributed by atoms with E-state index in [1.807, 2.05) is 32.0 Å². The highest BCUT2D eigenvalue weighted by Gasteiger charge is 2.33. The number of halogens is 4. The summed E-state index contributed by atoms with van der Waals surface area (Å²) < 4.78 is 49.0. The maximum atomic E-state index is 12.6. The zero-order chi connectivity index (χ0) is 21.3. The van der Waals surface area contributed by atoms with E-state index in [9.17, 15) is 13.2 Å². The Bertz CT molecular complexity index is 815. The minimum atomic E-state index is -4.43. The third-order valence-electron chi connectivity index (χ3n) is 3.83. The zero-order valence-electron chi connectivity index (χ0n) is 17.0. The van der Waals surface area contributed by atoms with E-state index in [0.717, 1.165) is 33.6 Å². The Hall–Kier alpha value is -1.60. The van der Waals surface area contributed by atoms with E-state index in [-0.39, 0.29) is 30.5 Å². The number of alkyl halides is 3. The molecule has 0 spiro atoms. The van der Waals surface area contributed by atoms with Crippen LogP contribution in [-0.4, -0.2) is 37.8 Å². The topological polar surface area (TPSA) is 67.8 Å². The number of nitrogens with zero attached hydrogens (tertiary/aromatic N) is 2. The van der Waals surface area contributed by atoms with Crippen molar-refractivity contribution in [2.24, 2.45) is 4.99 Å². The van der Waals surface area contributed by atoms with E-state index < -0.39 is 11.9 Å². The van der Waals surface area contributed by atoms with Gasteiger partial charge in [-0.25, -0.2) is 4.98 Å². The fourth-order valence-electron chi connectivity index (χ4n) is 2.38. The highest BCUT2D eigenvalue weighted by molar-refractivity contribution is 14.0. The Kier molecular flexibility index (Phi) is 11.4. The molecule has 0 amide bonds. The number of nitrogens with one attached hydrogen (secondary N) is 2. The van der Waals surface area contributed by atoms with Crippen molar-refractivity contribution in [3.05, 3.63) is 45.4 Å². The number of thiazole rings is 1. The monoisotopic (exact) mass is 558 g/mol. The van der Waals surface area contributed by atoms with Gasteiger partial charge in [-0.05, 0) is 25.5 Å². The van der Waals surface area contributed by atoms with Crippen LogP contribution in [0.25, 0.3) is 0 Å². The number of hydrogen-bond acceptors (Lipinski definition) is 5. The molecule has 11 heteroatoms. The van der Waals surface area contributed by atoms with E-state index in [1.165, 1.54) is 0 Å². The van der Waals surface area contributed by atoms with Crippen LogP contribution in [0.4, 0.5) is 13.2 Å². The van der Waals surface area contributed by atoms with Gasteiger partial charge in [-0.2, -0.15) is 13.2 Å². The van der Waals surface area contributed by atoms with Crippen molar-refractivity contribution in [1.82, 2.24) is 15.6 Å². The number of rotatable bonds is 9. The van der Waals surface area contributed by atoms with Crippen LogP contribution in [-0.2, 0) is 24.0 Å². The lowest BCUT2D eigenvalue weighted by molar-refractivity contribution is -0.140. The third kappa shape index (κ3) is 8.64. The van der Waals surface area contributed by atoms with Crippen LogP contribution >= 0.6 is 35.3 Å². The quantitative estimate of drug-likeness (QED) is 0.207. The van der Waals surface area contributed by atoms with Crippen molar-refractivity contribution in [3.8, 4) is 5.75 Å². The average Bonchev–Trinajstić information content (AvgIpc) is 3.16. The highest BCUT2D eigenvalue weighted by Crippen LogP contribution is 2.29. The van der Waals surface area contributed by atoms with Crippen molar-refractivity contribution >= 4 is 41.3 Å². The average molecular weight is 558 g/mol. The molecule has 2 aromatic rings. The summed E-state index contributed by atoms with van der Waals surface area (Å²) in [4.78, 5) is 7.69. The van der Waals surface area contributed by atoms with Crippen molar-refractivity contribution in [2.45, 2.75) is 33.1 Å². The van der Waals surface area contributed by atoms with Gasteiger partial charge >= 0.3 is 6.18 Å². The SMILES string of the molecule is CCOCCOc1cc(C)ccc1CNC(=NC)NCc1nc(C(F)(F)F)cs1.I. The van der Waals surface area contributed by atoms with Crippen molar-refractivity contribution in [2.75, 3.05) is 26.9 Å². The minimum absolute atomic E-state index is 0. The summed E-state index contributed by atoms with van der Waals surface area (Å²) in [5.74, 6) is 1.21. The lowest BCUT2D eigenvalue weighted by Crippen LogP contribution is -2.36. The molecule has 0 bridgehead atoms. The number of aryl methyl sites for hydroxylation is 1. The van der Waals surface area contributed by atoms with Gasteiger partial charge in [0.25, 0.3) is 0 Å².